The van der Waals surface area contributed by atoms with Gasteiger partial charge in [0.05, 0.1) is 12.2 Å². The Morgan fingerprint density at radius 1 is 1.31 bits per heavy atom. The van der Waals surface area contributed by atoms with Crippen LogP contribution in [0.25, 0.3) is 0 Å². The number of aryl methyl sites for hydroxylation is 1. The monoisotopic (exact) mass is 401 g/mol. The first-order valence-corrected chi connectivity index (χ1v) is 10.3. The van der Waals surface area contributed by atoms with E-state index in [0.717, 1.165) is 55.9 Å². The molecule has 0 amide bonds. The first kappa shape index (κ1) is 21.1. The Hall–Kier alpha value is -2.57. The molecule has 0 bridgehead atoms. The predicted molar refractivity (Wildman–Crippen MR) is 111 cm³/mol. The molecule has 0 spiro atoms. The fourth-order valence-electron chi connectivity index (χ4n) is 3.59. The molecule has 7 nitrogen and oxygen atoms in total. The summed E-state index contributed by atoms with van der Waals surface area (Å²) in [5, 5.41) is 13.2. The molecule has 1 aromatic heterocycles. The summed E-state index contributed by atoms with van der Waals surface area (Å²) in [5.74, 6) is 1.25. The van der Waals surface area contributed by atoms with Gasteiger partial charge in [-0.15, -0.1) is 0 Å². The van der Waals surface area contributed by atoms with E-state index in [2.05, 4.69) is 35.8 Å². The van der Waals surface area contributed by atoms with E-state index < -0.39 is 5.97 Å². The topological polar surface area (TPSA) is 88.7 Å². The first-order chi connectivity index (χ1) is 13.7. The SMILES string of the molecule is Cc1cc(OCCCC2CCN(c3nc(C(C)(C)C)no3)CC2)ccc1C(=O)O. The summed E-state index contributed by atoms with van der Waals surface area (Å²) in [6.45, 7) is 10.6. The molecule has 0 atom stereocenters. The molecular formula is C22H31N3O4. The van der Waals surface area contributed by atoms with Gasteiger partial charge in [-0.05, 0) is 62.3 Å². The minimum atomic E-state index is -0.907. The zero-order valence-electron chi connectivity index (χ0n) is 17.8. The fraction of sp³-hybridized carbons (Fsp3) is 0.591. The third-order valence-electron chi connectivity index (χ3n) is 5.42. The Morgan fingerprint density at radius 3 is 2.62 bits per heavy atom. The van der Waals surface area contributed by atoms with Crippen LogP contribution in [0, 0.1) is 12.8 Å². The Bertz CT molecular complexity index is 833. The molecule has 158 valence electrons. The van der Waals surface area contributed by atoms with Crippen molar-refractivity contribution in [3.63, 3.8) is 0 Å². The van der Waals surface area contributed by atoms with E-state index in [0.29, 0.717) is 24.1 Å². The van der Waals surface area contributed by atoms with Gasteiger partial charge in [-0.3, -0.25) is 0 Å². The molecule has 29 heavy (non-hydrogen) atoms. The minimum absolute atomic E-state index is 0.105. The summed E-state index contributed by atoms with van der Waals surface area (Å²) < 4.78 is 11.3. The van der Waals surface area contributed by atoms with Gasteiger partial charge < -0.3 is 19.3 Å². The second kappa shape index (κ2) is 8.84. The summed E-state index contributed by atoms with van der Waals surface area (Å²) in [6, 6.07) is 5.76. The number of nitrogens with zero attached hydrogens (tertiary/aromatic N) is 3. The van der Waals surface area contributed by atoms with Crippen LogP contribution >= 0.6 is 0 Å². The Kier molecular flexibility index (Phi) is 6.45. The van der Waals surface area contributed by atoms with Crippen LogP contribution in [-0.4, -0.2) is 40.9 Å². The lowest BCUT2D eigenvalue weighted by Crippen LogP contribution is -2.34. The molecular weight excluding hydrogens is 370 g/mol. The molecule has 1 N–H and O–H groups in total. The van der Waals surface area contributed by atoms with E-state index in [4.69, 9.17) is 14.4 Å². The molecule has 2 heterocycles. The highest BCUT2D eigenvalue weighted by atomic mass is 16.5. The minimum Gasteiger partial charge on any atom is -0.494 e. The number of aromatic carboxylic acids is 1. The number of aromatic nitrogens is 2. The van der Waals surface area contributed by atoms with Crippen LogP contribution in [0.3, 0.4) is 0 Å². The summed E-state index contributed by atoms with van der Waals surface area (Å²) in [7, 11) is 0. The lowest BCUT2D eigenvalue weighted by atomic mass is 9.92. The number of benzene rings is 1. The molecule has 0 unspecified atom stereocenters. The number of carboxylic acid groups (broad SMARTS) is 1. The molecule has 1 saturated heterocycles. The van der Waals surface area contributed by atoms with Crippen molar-refractivity contribution in [1.82, 2.24) is 10.1 Å². The Labute approximate surface area is 172 Å². The van der Waals surface area contributed by atoms with E-state index in [1.807, 2.05) is 0 Å². The smallest absolute Gasteiger partial charge is 0.335 e. The normalized spacial score (nSPS) is 15.5. The van der Waals surface area contributed by atoms with Crippen molar-refractivity contribution < 1.29 is 19.2 Å². The number of hydrogen-bond acceptors (Lipinski definition) is 6. The lowest BCUT2D eigenvalue weighted by Gasteiger charge is -2.30. The van der Waals surface area contributed by atoms with Gasteiger partial charge in [0.15, 0.2) is 5.82 Å². The average Bonchev–Trinajstić information content (AvgIpc) is 3.16. The van der Waals surface area contributed by atoms with Crippen molar-refractivity contribution in [3.05, 3.63) is 35.2 Å². The highest BCUT2D eigenvalue weighted by Crippen LogP contribution is 2.27. The van der Waals surface area contributed by atoms with Crippen LogP contribution in [0.1, 0.15) is 68.2 Å². The fourth-order valence-corrected chi connectivity index (χ4v) is 3.59. The van der Waals surface area contributed by atoms with Crippen molar-refractivity contribution in [2.45, 2.75) is 58.8 Å². The first-order valence-electron chi connectivity index (χ1n) is 10.3. The molecule has 0 radical (unpaired) electrons. The maximum absolute atomic E-state index is 11.1. The van der Waals surface area contributed by atoms with Crippen molar-refractivity contribution in [3.8, 4) is 5.75 Å². The summed E-state index contributed by atoms with van der Waals surface area (Å²) in [6.07, 6.45) is 4.33. The largest absolute Gasteiger partial charge is 0.494 e. The van der Waals surface area contributed by atoms with Gasteiger partial charge in [0, 0.05) is 18.5 Å². The predicted octanol–water partition coefficient (Wildman–Crippen LogP) is 4.45. The third-order valence-corrected chi connectivity index (χ3v) is 5.42. The van der Waals surface area contributed by atoms with Gasteiger partial charge in [-0.1, -0.05) is 25.9 Å². The van der Waals surface area contributed by atoms with Crippen LogP contribution in [0.2, 0.25) is 0 Å². The van der Waals surface area contributed by atoms with Crippen LogP contribution < -0.4 is 9.64 Å². The highest BCUT2D eigenvalue weighted by molar-refractivity contribution is 5.89. The number of ether oxygens (including phenoxy) is 1. The summed E-state index contributed by atoms with van der Waals surface area (Å²) >= 11 is 0. The van der Waals surface area contributed by atoms with Crippen molar-refractivity contribution in [1.29, 1.82) is 0 Å². The molecule has 2 aromatic rings. The summed E-state index contributed by atoms with van der Waals surface area (Å²) in [5.41, 5.74) is 0.935. The highest BCUT2D eigenvalue weighted by Gasteiger charge is 2.26. The van der Waals surface area contributed by atoms with Gasteiger partial charge in [-0.2, -0.15) is 4.98 Å². The van der Waals surface area contributed by atoms with Gasteiger partial charge in [0.25, 0.3) is 0 Å². The molecule has 3 rings (SSSR count). The molecule has 0 aliphatic carbocycles. The molecule has 7 heteroatoms. The quantitative estimate of drug-likeness (QED) is 0.686. The number of hydrogen-bond donors (Lipinski definition) is 1. The average molecular weight is 402 g/mol. The number of anilines is 1. The molecule has 1 aliphatic heterocycles. The van der Waals surface area contributed by atoms with Crippen LogP contribution in [0.4, 0.5) is 6.01 Å². The van der Waals surface area contributed by atoms with Crippen molar-refractivity contribution in [2.24, 2.45) is 5.92 Å². The zero-order chi connectivity index (χ0) is 21.0. The molecule has 1 aromatic carbocycles. The third kappa shape index (κ3) is 5.49. The van der Waals surface area contributed by atoms with E-state index in [1.54, 1.807) is 25.1 Å². The van der Waals surface area contributed by atoms with Gasteiger partial charge in [0.1, 0.15) is 5.75 Å². The molecule has 0 saturated carbocycles. The van der Waals surface area contributed by atoms with Crippen LogP contribution in [-0.2, 0) is 5.41 Å². The zero-order valence-corrected chi connectivity index (χ0v) is 17.8. The lowest BCUT2D eigenvalue weighted by molar-refractivity contribution is 0.0696. The maximum atomic E-state index is 11.1. The van der Waals surface area contributed by atoms with Crippen LogP contribution in [0.5, 0.6) is 5.75 Å². The number of carboxylic acids is 1. The maximum Gasteiger partial charge on any atom is 0.335 e. The van der Waals surface area contributed by atoms with E-state index >= 15 is 0 Å². The van der Waals surface area contributed by atoms with E-state index in [9.17, 15) is 4.79 Å². The van der Waals surface area contributed by atoms with E-state index in [-0.39, 0.29) is 5.41 Å². The molecule has 1 aliphatic rings. The Morgan fingerprint density at radius 2 is 2.03 bits per heavy atom. The standard InChI is InChI=1S/C22H31N3O4/c1-15-14-17(7-8-18(15)19(26)27)28-13-5-6-16-9-11-25(12-10-16)21-23-20(24-29-21)22(2,3)4/h7-8,14,16H,5-6,9-13H2,1-4H3,(H,26,27). The summed E-state index contributed by atoms with van der Waals surface area (Å²) in [4.78, 5) is 17.8. The number of carbonyl (C=O) groups is 1. The molecule has 1 fully saturated rings. The number of piperidine rings is 1. The van der Waals surface area contributed by atoms with E-state index in [1.165, 1.54) is 0 Å². The Balaban J connectivity index is 1.39. The van der Waals surface area contributed by atoms with Crippen molar-refractivity contribution in [2.75, 3.05) is 24.6 Å². The van der Waals surface area contributed by atoms with Gasteiger partial charge in [0.2, 0.25) is 0 Å². The number of rotatable bonds is 7. The van der Waals surface area contributed by atoms with Crippen molar-refractivity contribution >= 4 is 12.0 Å². The van der Waals surface area contributed by atoms with Crippen LogP contribution in [0.15, 0.2) is 22.7 Å². The second-order valence-electron chi connectivity index (χ2n) is 8.85. The van der Waals surface area contributed by atoms with Gasteiger partial charge >= 0.3 is 12.0 Å². The second-order valence-corrected chi connectivity index (χ2v) is 8.85. The van der Waals surface area contributed by atoms with Gasteiger partial charge in [-0.25, -0.2) is 4.79 Å².